The Labute approximate surface area is 191 Å². The van der Waals surface area contributed by atoms with Gasteiger partial charge in [-0.15, -0.1) is 0 Å². The summed E-state index contributed by atoms with van der Waals surface area (Å²) in [6, 6.07) is 0. The van der Waals surface area contributed by atoms with Crippen LogP contribution < -0.4 is 10.6 Å². The van der Waals surface area contributed by atoms with Gasteiger partial charge in [0.2, 0.25) is 23.7 Å². The number of hydrogen-bond acceptors (Lipinski definition) is 5. The molecule has 2 N–H and O–H groups in total. The first kappa shape index (κ1) is 21.8. The second-order valence-corrected chi connectivity index (χ2v) is 10.7. The van der Waals surface area contributed by atoms with E-state index in [0.29, 0.717) is 11.8 Å². The van der Waals surface area contributed by atoms with E-state index in [1.54, 1.807) is 0 Å². The fourth-order valence-corrected chi connectivity index (χ4v) is 7.06. The van der Waals surface area contributed by atoms with E-state index >= 15 is 0 Å². The molecule has 4 saturated carbocycles. The Bertz CT molecular complexity index is 767. The lowest BCUT2D eigenvalue weighted by atomic mass is 9.67. The molecule has 0 aliphatic heterocycles. The highest BCUT2D eigenvalue weighted by atomic mass is 16.2. The lowest BCUT2D eigenvalue weighted by molar-refractivity contribution is -0.122. The SMILES string of the molecule is O=C(Nc1ncnc(NC(=O)C2CCC3CCCCC3C2)n1)C1CCC2CCCCC2C1. The zero-order valence-electron chi connectivity index (χ0n) is 19.1. The Morgan fingerprint density at radius 3 is 1.53 bits per heavy atom. The molecule has 4 aliphatic rings. The van der Waals surface area contributed by atoms with E-state index in [-0.39, 0.29) is 35.5 Å². The quantitative estimate of drug-likeness (QED) is 0.691. The summed E-state index contributed by atoms with van der Waals surface area (Å²) in [5, 5.41) is 5.77. The number of rotatable bonds is 4. The summed E-state index contributed by atoms with van der Waals surface area (Å²) in [6.07, 6.45) is 18.0. The standard InChI is InChI=1S/C25H37N5O2/c31-22(20-11-9-16-5-1-3-7-18(16)13-20)28-24-26-15-27-25(30-24)29-23(32)21-12-10-17-6-2-4-8-19(17)14-21/h15-21H,1-14H2,(H2,26,27,28,29,30,31,32). The van der Waals surface area contributed by atoms with Crippen LogP contribution in [0.25, 0.3) is 0 Å². The van der Waals surface area contributed by atoms with Crippen LogP contribution in [0.2, 0.25) is 0 Å². The number of carbonyl (C=O) groups excluding carboxylic acids is 2. The highest BCUT2D eigenvalue weighted by molar-refractivity contribution is 5.92. The number of aromatic nitrogens is 3. The van der Waals surface area contributed by atoms with Crippen molar-refractivity contribution in [2.24, 2.45) is 35.5 Å². The molecule has 0 saturated heterocycles. The van der Waals surface area contributed by atoms with Gasteiger partial charge < -0.3 is 0 Å². The molecule has 7 heteroatoms. The van der Waals surface area contributed by atoms with E-state index < -0.39 is 0 Å². The molecule has 32 heavy (non-hydrogen) atoms. The van der Waals surface area contributed by atoms with Gasteiger partial charge in [-0.25, -0.2) is 9.97 Å². The van der Waals surface area contributed by atoms with Crippen LogP contribution >= 0.6 is 0 Å². The largest absolute Gasteiger partial charge is 0.294 e. The average molecular weight is 440 g/mol. The molecule has 0 bridgehead atoms. The highest BCUT2D eigenvalue weighted by Crippen LogP contribution is 2.44. The summed E-state index contributed by atoms with van der Waals surface area (Å²) >= 11 is 0. The smallest absolute Gasteiger partial charge is 0.234 e. The first-order valence-corrected chi connectivity index (χ1v) is 13.0. The molecular weight excluding hydrogens is 402 g/mol. The van der Waals surface area contributed by atoms with Crippen molar-refractivity contribution in [3.63, 3.8) is 0 Å². The zero-order valence-corrected chi connectivity index (χ0v) is 19.1. The molecule has 2 amide bonds. The summed E-state index contributed by atoms with van der Waals surface area (Å²) in [7, 11) is 0. The summed E-state index contributed by atoms with van der Waals surface area (Å²) in [5.41, 5.74) is 0. The molecule has 4 aliphatic carbocycles. The van der Waals surface area contributed by atoms with Crippen LogP contribution in [0.15, 0.2) is 6.33 Å². The van der Waals surface area contributed by atoms with Crippen LogP contribution in [0.5, 0.6) is 0 Å². The van der Waals surface area contributed by atoms with E-state index in [2.05, 4.69) is 25.6 Å². The molecule has 174 valence electrons. The second kappa shape index (κ2) is 9.84. The van der Waals surface area contributed by atoms with Crippen LogP contribution in [0.3, 0.4) is 0 Å². The molecule has 7 nitrogen and oxygen atoms in total. The monoisotopic (exact) mass is 439 g/mol. The Morgan fingerprint density at radius 2 is 1.06 bits per heavy atom. The van der Waals surface area contributed by atoms with Gasteiger partial charge in [0.25, 0.3) is 0 Å². The van der Waals surface area contributed by atoms with E-state index in [4.69, 9.17) is 0 Å². The molecule has 0 aromatic carbocycles. The highest BCUT2D eigenvalue weighted by Gasteiger charge is 2.36. The van der Waals surface area contributed by atoms with Crippen LogP contribution in [0.1, 0.15) is 89.9 Å². The van der Waals surface area contributed by atoms with E-state index in [9.17, 15) is 9.59 Å². The number of nitrogens with zero attached hydrogens (tertiary/aromatic N) is 3. The number of anilines is 2. The molecular formula is C25H37N5O2. The van der Waals surface area contributed by atoms with Crippen molar-refractivity contribution in [3.05, 3.63) is 6.33 Å². The van der Waals surface area contributed by atoms with Crippen molar-refractivity contribution in [1.82, 2.24) is 15.0 Å². The maximum Gasteiger partial charge on any atom is 0.234 e. The molecule has 4 fully saturated rings. The van der Waals surface area contributed by atoms with Crippen molar-refractivity contribution in [3.8, 4) is 0 Å². The van der Waals surface area contributed by atoms with Gasteiger partial charge in [0, 0.05) is 11.8 Å². The number of amides is 2. The molecule has 6 unspecified atom stereocenters. The van der Waals surface area contributed by atoms with Crippen molar-refractivity contribution in [1.29, 1.82) is 0 Å². The summed E-state index contributed by atoms with van der Waals surface area (Å²) in [5.74, 6) is 3.59. The van der Waals surface area contributed by atoms with Crippen LogP contribution in [-0.4, -0.2) is 26.8 Å². The van der Waals surface area contributed by atoms with Gasteiger partial charge in [-0.2, -0.15) is 4.98 Å². The Balaban J connectivity index is 1.15. The van der Waals surface area contributed by atoms with Gasteiger partial charge in [-0.05, 0) is 62.2 Å². The van der Waals surface area contributed by atoms with Gasteiger partial charge in [-0.1, -0.05) is 51.4 Å². The minimum atomic E-state index is 0.00752. The molecule has 6 atom stereocenters. The van der Waals surface area contributed by atoms with Gasteiger partial charge in [0.05, 0.1) is 0 Å². The molecule has 0 radical (unpaired) electrons. The first-order chi connectivity index (χ1) is 15.7. The van der Waals surface area contributed by atoms with Crippen molar-refractivity contribution in [2.45, 2.75) is 89.9 Å². The minimum absolute atomic E-state index is 0.00752. The average Bonchev–Trinajstić information content (AvgIpc) is 2.83. The topological polar surface area (TPSA) is 96.9 Å². The zero-order chi connectivity index (χ0) is 21.9. The van der Waals surface area contributed by atoms with Crippen LogP contribution in [0, 0.1) is 35.5 Å². The number of fused-ring (bicyclic) bond motifs is 2. The summed E-state index contributed by atoms with van der Waals surface area (Å²) in [4.78, 5) is 38.3. The van der Waals surface area contributed by atoms with Gasteiger partial charge in [-0.3, -0.25) is 20.2 Å². The third-order valence-electron chi connectivity index (χ3n) is 8.86. The predicted molar refractivity (Wildman–Crippen MR) is 123 cm³/mol. The minimum Gasteiger partial charge on any atom is -0.294 e. The van der Waals surface area contributed by atoms with Gasteiger partial charge >= 0.3 is 0 Å². The molecule has 1 aromatic heterocycles. The Morgan fingerprint density at radius 1 is 0.625 bits per heavy atom. The summed E-state index contributed by atoms with van der Waals surface area (Å²) in [6.45, 7) is 0. The normalized spacial score (nSPS) is 34.6. The lowest BCUT2D eigenvalue weighted by Gasteiger charge is -2.38. The summed E-state index contributed by atoms with van der Waals surface area (Å²) < 4.78 is 0. The van der Waals surface area contributed by atoms with Crippen LogP contribution in [0.4, 0.5) is 11.9 Å². The molecule has 5 rings (SSSR count). The van der Waals surface area contributed by atoms with Gasteiger partial charge in [0.1, 0.15) is 6.33 Å². The van der Waals surface area contributed by atoms with E-state index in [1.165, 1.54) is 57.7 Å². The van der Waals surface area contributed by atoms with Crippen LogP contribution in [-0.2, 0) is 9.59 Å². The molecule has 1 heterocycles. The maximum absolute atomic E-state index is 12.9. The van der Waals surface area contributed by atoms with E-state index in [1.807, 2.05) is 0 Å². The third kappa shape index (κ3) is 4.96. The molecule has 0 spiro atoms. The number of nitrogens with one attached hydrogen (secondary N) is 2. The fourth-order valence-electron chi connectivity index (χ4n) is 7.06. The molecule has 1 aromatic rings. The van der Waals surface area contributed by atoms with Crippen molar-refractivity contribution >= 4 is 23.7 Å². The Hall–Kier alpha value is -2.05. The fraction of sp³-hybridized carbons (Fsp3) is 0.800. The predicted octanol–water partition coefficient (Wildman–Crippen LogP) is 4.96. The number of carbonyl (C=O) groups is 2. The maximum atomic E-state index is 12.9. The van der Waals surface area contributed by atoms with Crippen molar-refractivity contribution < 1.29 is 9.59 Å². The van der Waals surface area contributed by atoms with Crippen molar-refractivity contribution in [2.75, 3.05) is 10.6 Å². The Kier molecular flexibility index (Phi) is 6.69. The lowest BCUT2D eigenvalue weighted by Crippen LogP contribution is -2.34. The first-order valence-electron chi connectivity index (χ1n) is 13.0. The second-order valence-electron chi connectivity index (χ2n) is 10.7. The van der Waals surface area contributed by atoms with E-state index in [0.717, 1.165) is 50.4 Å². The number of hydrogen-bond donors (Lipinski definition) is 2. The van der Waals surface area contributed by atoms with Gasteiger partial charge in [0.15, 0.2) is 0 Å². The third-order valence-corrected chi connectivity index (χ3v) is 8.86.